The van der Waals surface area contributed by atoms with E-state index < -0.39 is 18.2 Å². The number of carbonyl (C=O) groups is 2. The third-order valence-corrected chi connectivity index (χ3v) is 9.29. The summed E-state index contributed by atoms with van der Waals surface area (Å²) in [4.78, 5) is 25.8. The van der Waals surface area contributed by atoms with Crippen molar-refractivity contribution >= 4 is 11.9 Å². The van der Waals surface area contributed by atoms with Crippen molar-refractivity contribution in [2.75, 3.05) is 6.61 Å². The number of rotatable bonds is 36. The summed E-state index contributed by atoms with van der Waals surface area (Å²) in [5.74, 6) is -0.512. The first kappa shape index (κ1) is 47.1. The third kappa shape index (κ3) is 33.0. The van der Waals surface area contributed by atoms with Crippen LogP contribution in [-0.4, -0.2) is 46.9 Å². The fraction of sp³-hybridized carbons (Fsp3) is 0.814. The average molecular weight is 690 g/mol. The molecule has 3 atom stereocenters. The summed E-state index contributed by atoms with van der Waals surface area (Å²) < 4.78 is 5.85. The molecule has 0 bridgehead atoms. The van der Waals surface area contributed by atoms with Crippen molar-refractivity contribution in [3.05, 3.63) is 36.5 Å². The van der Waals surface area contributed by atoms with Crippen LogP contribution in [-0.2, 0) is 14.3 Å². The molecule has 0 rings (SSSR count). The minimum Gasteiger partial charge on any atom is -0.462 e. The van der Waals surface area contributed by atoms with Crippen LogP contribution >= 0.6 is 0 Å². The predicted molar refractivity (Wildman–Crippen MR) is 209 cm³/mol. The number of amides is 1. The largest absolute Gasteiger partial charge is 0.462 e. The second kappa shape index (κ2) is 37.3. The van der Waals surface area contributed by atoms with Crippen LogP contribution in [0.15, 0.2) is 36.5 Å². The van der Waals surface area contributed by atoms with Crippen molar-refractivity contribution in [2.45, 2.75) is 219 Å². The Morgan fingerprint density at radius 2 is 1.10 bits per heavy atom. The third-order valence-electron chi connectivity index (χ3n) is 9.29. The highest BCUT2D eigenvalue weighted by atomic mass is 16.5. The molecule has 0 saturated carbocycles. The summed E-state index contributed by atoms with van der Waals surface area (Å²) in [6, 6.07) is -0.706. The Kier molecular flexibility index (Phi) is 35.9. The van der Waals surface area contributed by atoms with E-state index in [-0.39, 0.29) is 24.9 Å². The van der Waals surface area contributed by atoms with Crippen LogP contribution in [0.1, 0.15) is 201 Å². The van der Waals surface area contributed by atoms with E-state index in [9.17, 15) is 19.8 Å². The quantitative estimate of drug-likeness (QED) is 0.0346. The van der Waals surface area contributed by atoms with Crippen LogP contribution in [0.2, 0.25) is 0 Å². The van der Waals surface area contributed by atoms with Gasteiger partial charge in [-0.2, -0.15) is 0 Å². The maximum atomic E-state index is 13.0. The van der Waals surface area contributed by atoms with E-state index in [2.05, 4.69) is 50.4 Å². The predicted octanol–water partition coefficient (Wildman–Crippen LogP) is 11.4. The normalized spacial score (nSPS) is 13.8. The first-order valence-electron chi connectivity index (χ1n) is 20.7. The number of esters is 1. The number of nitrogens with one attached hydrogen (secondary N) is 1. The lowest BCUT2D eigenvalue weighted by Gasteiger charge is -2.24. The van der Waals surface area contributed by atoms with Gasteiger partial charge in [0.2, 0.25) is 5.91 Å². The van der Waals surface area contributed by atoms with Crippen LogP contribution in [0.3, 0.4) is 0 Å². The van der Waals surface area contributed by atoms with E-state index >= 15 is 0 Å². The lowest BCUT2D eigenvalue weighted by atomic mass is 10.0. The summed E-state index contributed by atoms with van der Waals surface area (Å²) in [6.45, 7) is 6.28. The van der Waals surface area contributed by atoms with E-state index in [4.69, 9.17) is 4.74 Å². The van der Waals surface area contributed by atoms with Gasteiger partial charge in [0.1, 0.15) is 6.10 Å². The number of hydrogen-bond donors (Lipinski definition) is 3. The SMILES string of the molecule is CC/C=C/C=C/C=C\CCCCCC(CC(=O)NC(CO)C(O)CCCCCCCCCCC)OC(=O)CCCCCCCCCCCC. The number of aliphatic hydroxyl groups is 2. The van der Waals surface area contributed by atoms with Gasteiger partial charge < -0.3 is 20.3 Å². The number of aliphatic hydroxyl groups excluding tert-OH is 2. The van der Waals surface area contributed by atoms with Crippen LogP contribution in [0.4, 0.5) is 0 Å². The first-order valence-corrected chi connectivity index (χ1v) is 20.7. The summed E-state index contributed by atoms with van der Waals surface area (Å²) in [5.41, 5.74) is 0. The molecule has 0 aromatic carbocycles. The maximum Gasteiger partial charge on any atom is 0.306 e. The Labute approximate surface area is 303 Å². The smallest absolute Gasteiger partial charge is 0.306 e. The molecule has 0 aliphatic rings. The number of allylic oxidation sites excluding steroid dienone is 6. The average Bonchev–Trinajstić information content (AvgIpc) is 3.09. The van der Waals surface area contributed by atoms with Crippen molar-refractivity contribution in [1.29, 1.82) is 0 Å². The maximum absolute atomic E-state index is 13.0. The van der Waals surface area contributed by atoms with Gasteiger partial charge >= 0.3 is 5.97 Å². The van der Waals surface area contributed by atoms with Crippen molar-refractivity contribution < 1.29 is 24.5 Å². The molecule has 6 heteroatoms. The highest BCUT2D eigenvalue weighted by Crippen LogP contribution is 2.17. The van der Waals surface area contributed by atoms with Crippen molar-refractivity contribution in [1.82, 2.24) is 5.32 Å². The van der Waals surface area contributed by atoms with Gasteiger partial charge in [0.25, 0.3) is 0 Å². The first-order chi connectivity index (χ1) is 24.0. The molecule has 3 N–H and O–H groups in total. The summed E-state index contributed by atoms with van der Waals surface area (Å²) in [6.07, 6.45) is 40.7. The van der Waals surface area contributed by atoms with E-state index in [0.717, 1.165) is 70.6 Å². The molecule has 0 fully saturated rings. The zero-order chi connectivity index (χ0) is 36.0. The minimum absolute atomic E-state index is 0.0565. The van der Waals surface area contributed by atoms with Crippen molar-refractivity contribution in [3.63, 3.8) is 0 Å². The molecule has 0 heterocycles. The number of unbranched alkanes of at least 4 members (excludes halogenated alkanes) is 20. The van der Waals surface area contributed by atoms with Gasteiger partial charge in [-0.3, -0.25) is 9.59 Å². The molecule has 3 unspecified atom stereocenters. The molecule has 0 aliphatic carbocycles. The zero-order valence-electron chi connectivity index (χ0n) is 32.3. The van der Waals surface area contributed by atoms with E-state index in [1.807, 2.05) is 12.2 Å². The number of ether oxygens (including phenoxy) is 1. The molecule has 0 spiro atoms. The Bertz CT molecular complexity index is 823. The summed E-state index contributed by atoms with van der Waals surface area (Å²) in [7, 11) is 0. The van der Waals surface area contributed by atoms with Gasteiger partial charge in [0.05, 0.1) is 25.2 Å². The van der Waals surface area contributed by atoms with Gasteiger partial charge in [-0.25, -0.2) is 0 Å². The Hall–Kier alpha value is -1.92. The highest BCUT2D eigenvalue weighted by Gasteiger charge is 2.24. The van der Waals surface area contributed by atoms with Gasteiger partial charge in [-0.15, -0.1) is 0 Å². The van der Waals surface area contributed by atoms with Crippen LogP contribution in [0.25, 0.3) is 0 Å². The number of hydrogen-bond acceptors (Lipinski definition) is 5. The molecular weight excluding hydrogens is 610 g/mol. The summed E-state index contributed by atoms with van der Waals surface area (Å²) >= 11 is 0. The molecule has 286 valence electrons. The van der Waals surface area contributed by atoms with E-state index in [1.165, 1.54) is 83.5 Å². The van der Waals surface area contributed by atoms with Crippen LogP contribution in [0.5, 0.6) is 0 Å². The van der Waals surface area contributed by atoms with E-state index in [0.29, 0.717) is 19.3 Å². The van der Waals surface area contributed by atoms with E-state index in [1.54, 1.807) is 0 Å². The molecule has 6 nitrogen and oxygen atoms in total. The van der Waals surface area contributed by atoms with Crippen LogP contribution in [0, 0.1) is 0 Å². The van der Waals surface area contributed by atoms with Gasteiger partial charge in [0.15, 0.2) is 0 Å². The Morgan fingerprint density at radius 1 is 0.612 bits per heavy atom. The lowest BCUT2D eigenvalue weighted by Crippen LogP contribution is -2.46. The second-order valence-corrected chi connectivity index (χ2v) is 14.1. The second-order valence-electron chi connectivity index (χ2n) is 14.1. The molecule has 49 heavy (non-hydrogen) atoms. The molecule has 0 aromatic heterocycles. The number of carbonyl (C=O) groups excluding carboxylic acids is 2. The molecular formula is C43H79NO5. The minimum atomic E-state index is -0.790. The Morgan fingerprint density at radius 3 is 1.65 bits per heavy atom. The topological polar surface area (TPSA) is 95.9 Å². The van der Waals surface area contributed by atoms with Crippen LogP contribution < -0.4 is 5.32 Å². The van der Waals surface area contributed by atoms with Crippen molar-refractivity contribution in [2.24, 2.45) is 0 Å². The molecule has 0 saturated heterocycles. The molecule has 0 aliphatic heterocycles. The lowest BCUT2D eigenvalue weighted by molar-refractivity contribution is -0.151. The summed E-state index contributed by atoms with van der Waals surface area (Å²) in [5, 5.41) is 23.5. The fourth-order valence-corrected chi connectivity index (χ4v) is 6.13. The highest BCUT2D eigenvalue weighted by molar-refractivity contribution is 5.77. The fourth-order valence-electron chi connectivity index (χ4n) is 6.13. The Balaban J connectivity index is 4.67. The monoisotopic (exact) mass is 690 g/mol. The van der Waals surface area contributed by atoms with Gasteiger partial charge in [-0.05, 0) is 44.9 Å². The van der Waals surface area contributed by atoms with Gasteiger partial charge in [-0.1, -0.05) is 179 Å². The standard InChI is InChI=1S/C43H79NO5/c1-4-7-10-13-16-19-21-23-25-28-31-34-39(49-43(48)36-33-30-27-24-20-17-14-11-8-5-2)37-42(47)44-40(38-45)41(46)35-32-29-26-22-18-15-12-9-6-3/h7,10,13,16,19,21,39-41,45-46H,4-6,8-9,11-12,14-15,17-18,20,22-38H2,1-3H3,(H,44,47)/b10-7+,16-13+,21-19-. The molecule has 0 radical (unpaired) electrons. The molecule has 0 aromatic rings. The van der Waals surface area contributed by atoms with Crippen molar-refractivity contribution in [3.8, 4) is 0 Å². The zero-order valence-corrected chi connectivity index (χ0v) is 32.3. The van der Waals surface area contributed by atoms with Gasteiger partial charge in [0, 0.05) is 6.42 Å². The molecule has 1 amide bonds.